The van der Waals surface area contributed by atoms with E-state index in [0.717, 1.165) is 16.7 Å². The number of amides is 1. The van der Waals surface area contributed by atoms with E-state index in [0.29, 0.717) is 10.3 Å². The minimum Gasteiger partial charge on any atom is -0.323 e. The van der Waals surface area contributed by atoms with E-state index in [9.17, 15) is 4.79 Å². The zero-order chi connectivity index (χ0) is 18.5. The van der Waals surface area contributed by atoms with Crippen LogP contribution in [0.3, 0.4) is 0 Å². The maximum absolute atomic E-state index is 12.3. The number of anilines is 1. The van der Waals surface area contributed by atoms with Crippen molar-refractivity contribution < 1.29 is 4.79 Å². The number of hydrogen-bond donors (Lipinski definition) is 1. The summed E-state index contributed by atoms with van der Waals surface area (Å²) in [5, 5.41) is 2.94. The van der Waals surface area contributed by atoms with Crippen molar-refractivity contribution in [3.05, 3.63) is 72.1 Å². The molecule has 0 aliphatic carbocycles. The lowest BCUT2D eigenvalue weighted by molar-refractivity contribution is -0.111. The first-order chi connectivity index (χ1) is 13.3. The van der Waals surface area contributed by atoms with Crippen LogP contribution in [0.25, 0.3) is 17.1 Å². The fraction of sp³-hybridized carbons (Fsp3) is 0.190. The third kappa shape index (κ3) is 4.70. The Morgan fingerprint density at radius 3 is 2.74 bits per heavy atom. The number of nitrogens with one attached hydrogen (secondary N) is 1. The lowest BCUT2D eigenvalue weighted by atomic mass is 10.2. The molecular weight excluding hydrogens is 374 g/mol. The third-order valence-corrected chi connectivity index (χ3v) is 7.14. The molecule has 4 rings (SSSR count). The van der Waals surface area contributed by atoms with Gasteiger partial charge < -0.3 is 5.32 Å². The number of nitrogens with zero attached hydrogens (tertiary/aromatic N) is 2. The van der Waals surface area contributed by atoms with Gasteiger partial charge in [-0.3, -0.25) is 9.78 Å². The first-order valence-electron chi connectivity index (χ1n) is 8.82. The first kappa shape index (κ1) is 18.1. The summed E-state index contributed by atoms with van der Waals surface area (Å²) in [6, 6.07) is 15.8. The van der Waals surface area contributed by atoms with Gasteiger partial charge in [-0.15, -0.1) is 23.5 Å². The predicted octanol–water partition coefficient (Wildman–Crippen LogP) is 5.15. The van der Waals surface area contributed by atoms with E-state index in [1.165, 1.54) is 29.6 Å². The quantitative estimate of drug-likeness (QED) is 0.621. The maximum atomic E-state index is 12.3. The normalized spacial score (nSPS) is 15.3. The molecule has 0 bridgehead atoms. The molecule has 0 radical (unpaired) electrons. The number of aromatic nitrogens is 2. The van der Waals surface area contributed by atoms with Gasteiger partial charge >= 0.3 is 0 Å². The molecule has 1 aliphatic heterocycles. The highest BCUT2D eigenvalue weighted by molar-refractivity contribution is 8.16. The van der Waals surface area contributed by atoms with Crippen LogP contribution in [0.4, 0.5) is 5.69 Å². The molecule has 1 amide bonds. The van der Waals surface area contributed by atoms with E-state index >= 15 is 0 Å². The SMILES string of the molecule is O=C(/C=C/c1cnc2ccccc2n1)Nc1cccc(C2SCCCS2)c1. The summed E-state index contributed by atoms with van der Waals surface area (Å²) in [5.41, 5.74) is 4.39. The van der Waals surface area contributed by atoms with Crippen molar-refractivity contribution in [2.24, 2.45) is 0 Å². The van der Waals surface area contributed by atoms with Crippen molar-refractivity contribution in [2.75, 3.05) is 16.8 Å². The monoisotopic (exact) mass is 393 g/mol. The molecule has 4 nitrogen and oxygen atoms in total. The molecule has 0 spiro atoms. The van der Waals surface area contributed by atoms with Gasteiger partial charge in [0.15, 0.2) is 0 Å². The summed E-state index contributed by atoms with van der Waals surface area (Å²) in [7, 11) is 0. The number of fused-ring (bicyclic) bond motifs is 1. The lowest BCUT2D eigenvalue weighted by Crippen LogP contribution is -2.08. The van der Waals surface area contributed by atoms with Gasteiger partial charge in [-0.05, 0) is 53.8 Å². The summed E-state index contributed by atoms with van der Waals surface area (Å²) < 4.78 is 0.457. The second-order valence-corrected chi connectivity index (χ2v) is 8.88. The van der Waals surface area contributed by atoms with Crippen LogP contribution in [0.5, 0.6) is 0 Å². The lowest BCUT2D eigenvalue weighted by Gasteiger charge is -2.21. The minimum atomic E-state index is -0.175. The van der Waals surface area contributed by atoms with Crippen molar-refractivity contribution in [3.8, 4) is 0 Å². The van der Waals surface area contributed by atoms with Gasteiger partial charge in [0.25, 0.3) is 0 Å². The van der Waals surface area contributed by atoms with Gasteiger partial charge in [0.05, 0.1) is 27.5 Å². The van der Waals surface area contributed by atoms with Crippen LogP contribution in [0.15, 0.2) is 60.8 Å². The van der Waals surface area contributed by atoms with E-state index in [-0.39, 0.29) is 5.91 Å². The summed E-state index contributed by atoms with van der Waals surface area (Å²) >= 11 is 3.95. The third-order valence-electron chi connectivity index (χ3n) is 4.13. The first-order valence-corrected chi connectivity index (χ1v) is 10.9. The van der Waals surface area contributed by atoms with E-state index in [4.69, 9.17) is 0 Å². The Kier molecular flexibility index (Phi) is 5.75. The molecule has 2 aromatic carbocycles. The van der Waals surface area contributed by atoms with Crippen LogP contribution in [-0.4, -0.2) is 27.4 Å². The molecule has 2 heterocycles. The van der Waals surface area contributed by atoms with Gasteiger partial charge in [-0.1, -0.05) is 24.3 Å². The fourth-order valence-electron chi connectivity index (χ4n) is 2.84. The molecule has 1 saturated heterocycles. The molecule has 27 heavy (non-hydrogen) atoms. The molecule has 0 unspecified atom stereocenters. The summed E-state index contributed by atoms with van der Waals surface area (Å²) in [6.45, 7) is 0. The molecule has 0 atom stereocenters. The van der Waals surface area contributed by atoms with E-state index in [1.54, 1.807) is 12.3 Å². The van der Waals surface area contributed by atoms with Crippen LogP contribution < -0.4 is 5.32 Å². The van der Waals surface area contributed by atoms with Crippen molar-refractivity contribution in [2.45, 2.75) is 11.0 Å². The van der Waals surface area contributed by atoms with Gasteiger partial charge in [0.2, 0.25) is 5.91 Å². The second-order valence-electron chi connectivity index (χ2n) is 6.16. The summed E-state index contributed by atoms with van der Waals surface area (Å²) in [4.78, 5) is 21.1. The van der Waals surface area contributed by atoms with Crippen LogP contribution >= 0.6 is 23.5 Å². The highest BCUT2D eigenvalue weighted by Crippen LogP contribution is 2.44. The Morgan fingerprint density at radius 1 is 1.07 bits per heavy atom. The molecule has 6 heteroatoms. The molecule has 1 fully saturated rings. The smallest absolute Gasteiger partial charge is 0.248 e. The Balaban J connectivity index is 1.43. The standard InChI is InChI=1S/C21H19N3OS2/c25-20(10-9-17-14-22-18-7-1-2-8-19(18)23-17)24-16-6-3-5-15(13-16)21-26-11-4-12-27-21/h1-3,5-10,13-14,21H,4,11-12H2,(H,24,25)/b10-9+. The average Bonchev–Trinajstić information content (AvgIpc) is 2.73. The maximum Gasteiger partial charge on any atom is 0.248 e. The molecular formula is C21H19N3OS2. The number of carbonyl (C=O) groups is 1. The van der Waals surface area contributed by atoms with Crippen LogP contribution in [0, 0.1) is 0 Å². The van der Waals surface area contributed by atoms with Gasteiger partial charge in [-0.2, -0.15) is 0 Å². The zero-order valence-corrected chi connectivity index (χ0v) is 16.3. The number of thioether (sulfide) groups is 2. The van der Waals surface area contributed by atoms with Crippen molar-refractivity contribution >= 4 is 52.2 Å². The highest BCUT2D eigenvalue weighted by atomic mass is 32.2. The highest BCUT2D eigenvalue weighted by Gasteiger charge is 2.16. The Bertz CT molecular complexity index is 984. The topological polar surface area (TPSA) is 54.9 Å². The van der Waals surface area contributed by atoms with Gasteiger partial charge in [0.1, 0.15) is 0 Å². The predicted molar refractivity (Wildman–Crippen MR) is 116 cm³/mol. The fourth-order valence-corrected chi connectivity index (χ4v) is 5.71. The molecule has 136 valence electrons. The van der Waals surface area contributed by atoms with E-state index in [1.807, 2.05) is 59.9 Å². The van der Waals surface area contributed by atoms with Crippen LogP contribution in [0.2, 0.25) is 0 Å². The van der Waals surface area contributed by atoms with Gasteiger partial charge in [-0.25, -0.2) is 4.98 Å². The van der Waals surface area contributed by atoms with Crippen molar-refractivity contribution in [1.29, 1.82) is 0 Å². The Hall–Kier alpha value is -2.31. The van der Waals surface area contributed by atoms with Crippen LogP contribution in [-0.2, 0) is 4.79 Å². The average molecular weight is 394 g/mol. The zero-order valence-electron chi connectivity index (χ0n) is 14.7. The van der Waals surface area contributed by atoms with E-state index in [2.05, 4.69) is 27.4 Å². The van der Waals surface area contributed by atoms with Gasteiger partial charge in [0, 0.05) is 11.8 Å². The minimum absolute atomic E-state index is 0.175. The van der Waals surface area contributed by atoms with E-state index < -0.39 is 0 Å². The molecule has 1 aliphatic rings. The number of hydrogen-bond acceptors (Lipinski definition) is 5. The molecule has 3 aromatic rings. The largest absolute Gasteiger partial charge is 0.323 e. The molecule has 0 saturated carbocycles. The Labute approximate surface area is 166 Å². The second kappa shape index (κ2) is 8.59. The molecule has 1 aromatic heterocycles. The number of carbonyl (C=O) groups excluding carboxylic acids is 1. The summed E-state index contributed by atoms with van der Waals surface area (Å²) in [5.74, 6) is 2.22. The molecule has 1 N–H and O–H groups in total. The van der Waals surface area contributed by atoms with Crippen molar-refractivity contribution in [3.63, 3.8) is 0 Å². The Morgan fingerprint density at radius 2 is 1.89 bits per heavy atom. The number of benzene rings is 2. The number of rotatable bonds is 4. The van der Waals surface area contributed by atoms with Crippen LogP contribution in [0.1, 0.15) is 22.3 Å². The van der Waals surface area contributed by atoms with Crippen molar-refractivity contribution in [1.82, 2.24) is 9.97 Å². The summed E-state index contributed by atoms with van der Waals surface area (Å²) in [6.07, 6.45) is 6.12. The number of para-hydroxylation sites is 2.